The van der Waals surface area contributed by atoms with Gasteiger partial charge in [-0.15, -0.1) is 0 Å². The van der Waals surface area contributed by atoms with Crippen molar-refractivity contribution in [3.8, 4) is 5.75 Å². The fourth-order valence-electron chi connectivity index (χ4n) is 2.70. The second-order valence-electron chi connectivity index (χ2n) is 7.01. The van der Waals surface area contributed by atoms with E-state index in [0.717, 1.165) is 18.2 Å². The van der Waals surface area contributed by atoms with E-state index < -0.39 is 51.6 Å². The molecule has 1 aromatic heterocycles. The molecule has 2 N–H and O–H groups in total. The summed E-state index contributed by atoms with van der Waals surface area (Å²) in [6.07, 6.45) is -4.53. The van der Waals surface area contributed by atoms with Gasteiger partial charge in [0.25, 0.3) is 5.91 Å². The zero-order valence-electron chi connectivity index (χ0n) is 17.9. The van der Waals surface area contributed by atoms with Crippen molar-refractivity contribution >= 4 is 21.7 Å². The molecule has 0 spiro atoms. The lowest BCUT2D eigenvalue weighted by Gasteiger charge is -2.10. The summed E-state index contributed by atoms with van der Waals surface area (Å²) >= 11 is 0. The molecule has 2 aromatic carbocycles. The van der Waals surface area contributed by atoms with Gasteiger partial charge >= 0.3 is 18.0 Å². The third-order valence-corrected chi connectivity index (χ3v) is 5.98. The number of halogens is 3. The molecule has 3 aromatic rings. The summed E-state index contributed by atoms with van der Waals surface area (Å²) in [5, 5.41) is 8.30. The number of benzene rings is 2. The van der Waals surface area contributed by atoms with E-state index in [0.29, 0.717) is 0 Å². The van der Waals surface area contributed by atoms with E-state index in [1.54, 1.807) is 18.2 Å². The van der Waals surface area contributed by atoms with Gasteiger partial charge in [-0.2, -0.15) is 18.2 Å². The average molecular weight is 512 g/mol. The Morgan fingerprint density at radius 2 is 1.71 bits per heavy atom. The van der Waals surface area contributed by atoms with Crippen LogP contribution < -0.4 is 15.4 Å². The minimum absolute atomic E-state index is 0.0279. The highest BCUT2D eigenvalue weighted by atomic mass is 32.2. The Bertz CT molecular complexity index is 1280. The lowest BCUT2D eigenvalue weighted by Crippen LogP contribution is -2.36. The van der Waals surface area contributed by atoms with Crippen LogP contribution in [0.25, 0.3) is 0 Å². The van der Waals surface area contributed by atoms with E-state index in [2.05, 4.69) is 20.8 Å². The normalized spacial score (nSPS) is 11.6. The summed E-state index contributed by atoms with van der Waals surface area (Å²) in [5.41, 5.74) is -0.903. The van der Waals surface area contributed by atoms with Crippen LogP contribution in [0.1, 0.15) is 22.1 Å². The number of alkyl halides is 3. The lowest BCUT2D eigenvalue weighted by molar-refractivity contribution is -0.137. The van der Waals surface area contributed by atoms with Crippen LogP contribution in [-0.2, 0) is 26.6 Å². The number of rotatable bonds is 10. The van der Waals surface area contributed by atoms with Crippen LogP contribution >= 0.6 is 0 Å². The van der Waals surface area contributed by atoms with Gasteiger partial charge in [0, 0.05) is 13.1 Å². The second-order valence-corrected chi connectivity index (χ2v) is 9.00. The molecule has 10 nitrogen and oxygen atoms in total. The molecule has 0 unspecified atom stereocenters. The summed E-state index contributed by atoms with van der Waals surface area (Å²) in [4.78, 5) is 27.7. The Balaban J connectivity index is 1.40. The Morgan fingerprint density at radius 3 is 2.43 bits per heavy atom. The topological polar surface area (TPSA) is 140 Å². The third kappa shape index (κ3) is 7.53. The van der Waals surface area contributed by atoms with E-state index in [1.807, 2.05) is 0 Å². The van der Waals surface area contributed by atoms with Crippen molar-refractivity contribution in [2.24, 2.45) is 0 Å². The predicted molar refractivity (Wildman–Crippen MR) is 114 cm³/mol. The molecule has 0 aliphatic carbocycles. The summed E-state index contributed by atoms with van der Waals surface area (Å²) in [7, 11) is -3.72. The van der Waals surface area contributed by atoms with Crippen LogP contribution in [-0.4, -0.2) is 50.1 Å². The minimum atomic E-state index is -4.53. The number of hydrogen-bond donors (Lipinski definition) is 2. The van der Waals surface area contributed by atoms with Crippen molar-refractivity contribution in [1.82, 2.24) is 20.8 Å². The zero-order valence-corrected chi connectivity index (χ0v) is 18.7. The first-order valence-corrected chi connectivity index (χ1v) is 11.7. The summed E-state index contributed by atoms with van der Waals surface area (Å²) in [6, 6.07) is 11.7. The van der Waals surface area contributed by atoms with Crippen molar-refractivity contribution in [2.45, 2.75) is 16.8 Å². The summed E-state index contributed by atoms with van der Waals surface area (Å²) < 4.78 is 72.6. The number of aromatic nitrogens is 2. The molecular formula is C21H19F3N4O6S. The first-order valence-electron chi connectivity index (χ1n) is 10.00. The predicted octanol–water partition coefficient (Wildman–Crippen LogP) is 1.99. The van der Waals surface area contributed by atoms with Gasteiger partial charge in [-0.05, 0) is 30.3 Å². The second kappa shape index (κ2) is 11.0. The molecule has 0 saturated heterocycles. The zero-order chi connectivity index (χ0) is 25.5. The van der Waals surface area contributed by atoms with Gasteiger partial charge in [-0.3, -0.25) is 9.59 Å². The van der Waals surface area contributed by atoms with Gasteiger partial charge in [-0.1, -0.05) is 29.4 Å². The highest BCUT2D eigenvalue weighted by molar-refractivity contribution is 7.90. The van der Waals surface area contributed by atoms with Crippen molar-refractivity contribution < 1.29 is 40.4 Å². The first kappa shape index (κ1) is 25.7. The Labute approximate surface area is 197 Å². The van der Waals surface area contributed by atoms with Crippen LogP contribution in [0, 0.1) is 0 Å². The molecule has 0 atom stereocenters. The van der Waals surface area contributed by atoms with Crippen LogP contribution in [0.5, 0.6) is 5.75 Å². The number of ether oxygens (including phenoxy) is 1. The van der Waals surface area contributed by atoms with E-state index in [1.165, 1.54) is 18.2 Å². The van der Waals surface area contributed by atoms with Gasteiger partial charge in [0.1, 0.15) is 11.5 Å². The average Bonchev–Trinajstić information content (AvgIpc) is 3.28. The summed E-state index contributed by atoms with van der Waals surface area (Å²) in [5.74, 6) is -2.74. The molecule has 0 saturated carbocycles. The maximum atomic E-state index is 12.7. The maximum absolute atomic E-state index is 12.7. The van der Waals surface area contributed by atoms with Crippen molar-refractivity contribution in [3.63, 3.8) is 0 Å². The number of sulfone groups is 1. The fourth-order valence-corrected chi connectivity index (χ4v) is 3.90. The smallest absolute Gasteiger partial charge is 0.416 e. The molecule has 14 heteroatoms. The molecule has 0 aliphatic heterocycles. The van der Waals surface area contributed by atoms with Gasteiger partial charge < -0.3 is 19.9 Å². The number of nitrogens with zero attached hydrogens (tertiary/aromatic N) is 2. The minimum Gasteiger partial charge on any atom is -0.484 e. The molecule has 186 valence electrons. The molecule has 35 heavy (non-hydrogen) atoms. The van der Waals surface area contributed by atoms with Gasteiger partial charge in [0.15, 0.2) is 22.3 Å². The van der Waals surface area contributed by atoms with Crippen LogP contribution in [0.4, 0.5) is 13.2 Å². The van der Waals surface area contributed by atoms with Gasteiger partial charge in [0.05, 0.1) is 10.5 Å². The first-order chi connectivity index (χ1) is 16.5. The van der Waals surface area contributed by atoms with Crippen LogP contribution in [0.2, 0.25) is 0 Å². The third-order valence-electron chi connectivity index (χ3n) is 4.35. The highest BCUT2D eigenvalue weighted by Gasteiger charge is 2.30. The molecule has 0 fully saturated rings. The number of hydrogen-bond acceptors (Lipinski definition) is 8. The standard InChI is InChI=1S/C21H19F3N4O6S/c22-21(23,24)14-5-4-6-15(11-14)33-12-18(29)25-9-10-26-19(30)20-27-17(28-34-20)13-35(31,32)16-7-2-1-3-8-16/h1-8,11H,9-10,12-13H2,(H,25,29)(H,26,30). The number of carbonyl (C=O) groups excluding carboxylic acids is 2. The Kier molecular flexibility index (Phi) is 8.06. The summed E-state index contributed by atoms with van der Waals surface area (Å²) in [6.45, 7) is -0.605. The fraction of sp³-hybridized carbons (Fsp3) is 0.238. The van der Waals surface area contributed by atoms with Crippen molar-refractivity contribution in [3.05, 3.63) is 71.9 Å². The number of carbonyl (C=O) groups is 2. The number of amides is 2. The molecular weight excluding hydrogens is 493 g/mol. The lowest BCUT2D eigenvalue weighted by atomic mass is 10.2. The van der Waals surface area contributed by atoms with E-state index in [9.17, 15) is 31.2 Å². The molecule has 0 bridgehead atoms. The Morgan fingerprint density at radius 1 is 1.00 bits per heavy atom. The quantitative estimate of drug-likeness (QED) is 0.393. The maximum Gasteiger partial charge on any atom is 0.416 e. The SMILES string of the molecule is O=C(COc1cccc(C(F)(F)F)c1)NCCNC(=O)c1nc(CS(=O)(=O)c2ccccc2)no1. The van der Waals surface area contributed by atoms with Crippen molar-refractivity contribution in [1.29, 1.82) is 0 Å². The Hall–Kier alpha value is -3.94. The number of nitrogens with one attached hydrogen (secondary N) is 2. The van der Waals surface area contributed by atoms with Gasteiger partial charge in [-0.25, -0.2) is 8.42 Å². The monoisotopic (exact) mass is 512 g/mol. The van der Waals surface area contributed by atoms with E-state index >= 15 is 0 Å². The molecule has 3 rings (SSSR count). The molecule has 0 radical (unpaired) electrons. The van der Waals surface area contributed by atoms with Crippen LogP contribution in [0.3, 0.4) is 0 Å². The van der Waals surface area contributed by atoms with E-state index in [4.69, 9.17) is 9.26 Å². The van der Waals surface area contributed by atoms with Crippen molar-refractivity contribution in [2.75, 3.05) is 19.7 Å². The molecule has 0 aliphatic rings. The largest absolute Gasteiger partial charge is 0.484 e. The molecule has 1 heterocycles. The highest BCUT2D eigenvalue weighted by Crippen LogP contribution is 2.31. The van der Waals surface area contributed by atoms with Gasteiger partial charge in [0.2, 0.25) is 0 Å². The van der Waals surface area contributed by atoms with E-state index in [-0.39, 0.29) is 29.6 Å². The molecule has 2 amide bonds. The van der Waals surface area contributed by atoms with Crippen LogP contribution in [0.15, 0.2) is 64.0 Å².